The third-order valence-electron chi connectivity index (χ3n) is 5.41. The van der Waals surface area contributed by atoms with E-state index in [4.69, 9.17) is 9.47 Å². The van der Waals surface area contributed by atoms with Gasteiger partial charge in [-0.2, -0.15) is 4.31 Å². The van der Waals surface area contributed by atoms with E-state index in [-0.39, 0.29) is 23.5 Å². The molecule has 0 bridgehead atoms. The van der Waals surface area contributed by atoms with Gasteiger partial charge in [0.1, 0.15) is 0 Å². The number of esters is 1. The number of aryl methyl sites for hydroxylation is 1. The van der Waals surface area contributed by atoms with Crippen molar-refractivity contribution in [1.82, 2.24) is 4.31 Å². The number of benzene rings is 3. The lowest BCUT2D eigenvalue weighted by Crippen LogP contribution is -2.40. The molecule has 9 heteroatoms. The monoisotopic (exact) mass is 468 g/mol. The molecule has 0 unspecified atom stereocenters. The summed E-state index contributed by atoms with van der Waals surface area (Å²) in [4.78, 5) is 25.0. The van der Waals surface area contributed by atoms with E-state index in [0.29, 0.717) is 24.5 Å². The fraction of sp³-hybridized carbons (Fsp3) is 0.250. The van der Waals surface area contributed by atoms with Crippen molar-refractivity contribution in [3.05, 3.63) is 71.8 Å². The number of nitrogens with zero attached hydrogens (tertiary/aromatic N) is 1. The topological polar surface area (TPSA) is 102 Å². The number of hydrogen-bond donors (Lipinski definition) is 1. The number of nitrogens with one attached hydrogen (secondary N) is 1. The zero-order chi connectivity index (χ0) is 23.4. The van der Waals surface area contributed by atoms with Crippen molar-refractivity contribution >= 4 is 38.4 Å². The van der Waals surface area contributed by atoms with Crippen molar-refractivity contribution in [2.45, 2.75) is 11.8 Å². The maximum atomic E-state index is 13.0. The number of morpholine rings is 1. The quantitative estimate of drug-likeness (QED) is 0.558. The molecule has 3 aromatic carbocycles. The Balaban J connectivity index is 1.44. The number of carbonyl (C=O) groups is 2. The predicted octanol–water partition coefficient (Wildman–Crippen LogP) is 2.96. The van der Waals surface area contributed by atoms with E-state index in [9.17, 15) is 18.0 Å². The summed E-state index contributed by atoms with van der Waals surface area (Å²) in [5.74, 6) is -1.27. The van der Waals surface area contributed by atoms with Crippen LogP contribution in [-0.2, 0) is 24.3 Å². The van der Waals surface area contributed by atoms with Crippen molar-refractivity contribution in [1.29, 1.82) is 0 Å². The van der Waals surface area contributed by atoms with Gasteiger partial charge in [0.25, 0.3) is 5.91 Å². The molecule has 0 atom stereocenters. The van der Waals surface area contributed by atoms with Crippen LogP contribution in [0.25, 0.3) is 10.8 Å². The Labute approximate surface area is 192 Å². The highest BCUT2D eigenvalue weighted by Gasteiger charge is 2.28. The summed E-state index contributed by atoms with van der Waals surface area (Å²) >= 11 is 0. The van der Waals surface area contributed by atoms with E-state index in [2.05, 4.69) is 5.32 Å². The molecule has 0 spiro atoms. The van der Waals surface area contributed by atoms with E-state index in [1.807, 2.05) is 36.4 Å². The molecule has 4 rings (SSSR count). The molecule has 33 heavy (non-hydrogen) atoms. The molecule has 0 saturated carbocycles. The van der Waals surface area contributed by atoms with Crippen LogP contribution in [0.5, 0.6) is 0 Å². The van der Waals surface area contributed by atoms with Crippen LogP contribution in [0.4, 0.5) is 5.69 Å². The van der Waals surface area contributed by atoms with Crippen molar-refractivity contribution in [2.75, 3.05) is 38.2 Å². The second-order valence-corrected chi connectivity index (χ2v) is 9.55. The number of sulfonamides is 1. The first-order valence-electron chi connectivity index (χ1n) is 10.5. The average Bonchev–Trinajstić information content (AvgIpc) is 2.83. The predicted molar refractivity (Wildman–Crippen MR) is 124 cm³/mol. The van der Waals surface area contributed by atoms with E-state index in [0.717, 1.165) is 10.8 Å². The standard InChI is InChI=1S/C24H24N2O6S/c1-17-9-10-19(15-22(17)33(29,30)26-11-13-31-14-12-26)24(28)32-16-23(27)25-21-8-4-6-18-5-2-3-7-20(18)21/h2-10,15H,11-14,16H2,1H3,(H,25,27). The molecule has 8 nitrogen and oxygen atoms in total. The molecule has 1 N–H and O–H groups in total. The minimum atomic E-state index is -3.78. The third-order valence-corrected chi connectivity index (χ3v) is 7.45. The molecule has 1 saturated heterocycles. The molecular formula is C24H24N2O6S. The number of rotatable bonds is 6. The lowest BCUT2D eigenvalue weighted by Gasteiger charge is -2.26. The summed E-state index contributed by atoms with van der Waals surface area (Å²) in [7, 11) is -3.78. The average molecular weight is 469 g/mol. The van der Waals surface area contributed by atoms with Crippen LogP contribution in [0.3, 0.4) is 0 Å². The molecule has 1 heterocycles. The fourth-order valence-corrected chi connectivity index (χ4v) is 5.32. The van der Waals surface area contributed by atoms with Crippen LogP contribution in [0, 0.1) is 6.92 Å². The largest absolute Gasteiger partial charge is 0.452 e. The molecule has 0 aliphatic carbocycles. The summed E-state index contributed by atoms with van der Waals surface area (Å²) in [6.45, 7) is 2.33. The minimum absolute atomic E-state index is 0.0408. The Morgan fingerprint density at radius 2 is 1.76 bits per heavy atom. The van der Waals surface area contributed by atoms with Crippen LogP contribution in [0.2, 0.25) is 0 Å². The summed E-state index contributed by atoms with van der Waals surface area (Å²) < 4.78 is 37.7. The highest BCUT2D eigenvalue weighted by Crippen LogP contribution is 2.24. The van der Waals surface area contributed by atoms with Gasteiger partial charge in [0.2, 0.25) is 10.0 Å². The summed E-state index contributed by atoms with van der Waals surface area (Å²) in [6, 6.07) is 17.5. The number of ether oxygens (including phenoxy) is 2. The van der Waals surface area contributed by atoms with Gasteiger partial charge in [-0.3, -0.25) is 4.79 Å². The van der Waals surface area contributed by atoms with E-state index < -0.39 is 28.5 Å². The van der Waals surface area contributed by atoms with Gasteiger partial charge < -0.3 is 14.8 Å². The number of fused-ring (bicyclic) bond motifs is 1. The highest BCUT2D eigenvalue weighted by molar-refractivity contribution is 7.89. The maximum Gasteiger partial charge on any atom is 0.338 e. The Morgan fingerprint density at radius 1 is 1.03 bits per heavy atom. The van der Waals surface area contributed by atoms with Gasteiger partial charge >= 0.3 is 5.97 Å². The van der Waals surface area contributed by atoms with Crippen LogP contribution in [0.15, 0.2) is 65.6 Å². The number of amides is 1. The highest BCUT2D eigenvalue weighted by atomic mass is 32.2. The van der Waals surface area contributed by atoms with Gasteiger partial charge in [-0.05, 0) is 36.1 Å². The Hall–Kier alpha value is -3.27. The molecular weight excluding hydrogens is 444 g/mol. The van der Waals surface area contributed by atoms with Crippen molar-refractivity contribution < 1.29 is 27.5 Å². The normalized spacial score (nSPS) is 14.7. The van der Waals surface area contributed by atoms with Gasteiger partial charge in [-0.25, -0.2) is 13.2 Å². The first-order chi connectivity index (χ1) is 15.9. The van der Waals surface area contributed by atoms with Gasteiger partial charge in [-0.1, -0.05) is 42.5 Å². The van der Waals surface area contributed by atoms with Crippen LogP contribution in [0.1, 0.15) is 15.9 Å². The molecule has 3 aromatic rings. The first kappa shape index (κ1) is 22.9. The fourth-order valence-electron chi connectivity index (χ4n) is 3.67. The molecule has 1 aliphatic rings. The van der Waals surface area contributed by atoms with E-state index in [1.165, 1.54) is 16.4 Å². The second kappa shape index (κ2) is 9.70. The summed E-state index contributed by atoms with van der Waals surface area (Å²) in [5.41, 5.74) is 1.19. The zero-order valence-corrected chi connectivity index (χ0v) is 18.9. The van der Waals surface area contributed by atoms with E-state index >= 15 is 0 Å². The van der Waals surface area contributed by atoms with Gasteiger partial charge in [0, 0.05) is 24.2 Å². The van der Waals surface area contributed by atoms with Gasteiger partial charge in [0.15, 0.2) is 6.61 Å². The van der Waals surface area contributed by atoms with E-state index in [1.54, 1.807) is 19.1 Å². The molecule has 172 valence electrons. The van der Waals surface area contributed by atoms with Crippen LogP contribution >= 0.6 is 0 Å². The number of anilines is 1. The molecule has 1 aliphatic heterocycles. The minimum Gasteiger partial charge on any atom is -0.452 e. The number of carbonyl (C=O) groups excluding carboxylic acids is 2. The SMILES string of the molecule is Cc1ccc(C(=O)OCC(=O)Nc2cccc3ccccc23)cc1S(=O)(=O)N1CCOCC1. The van der Waals surface area contributed by atoms with Crippen molar-refractivity contribution in [3.63, 3.8) is 0 Å². The Bertz CT molecular complexity index is 1290. The van der Waals surface area contributed by atoms with Crippen LogP contribution in [-0.4, -0.2) is 57.5 Å². The Kier molecular flexibility index (Phi) is 6.73. The molecule has 0 radical (unpaired) electrons. The number of hydrogen-bond acceptors (Lipinski definition) is 6. The van der Waals surface area contributed by atoms with Gasteiger partial charge in [0.05, 0.1) is 23.7 Å². The molecule has 1 amide bonds. The first-order valence-corrected chi connectivity index (χ1v) is 11.9. The molecule has 1 fully saturated rings. The van der Waals surface area contributed by atoms with Gasteiger partial charge in [-0.15, -0.1) is 0 Å². The molecule has 0 aromatic heterocycles. The van der Waals surface area contributed by atoms with Crippen molar-refractivity contribution in [2.24, 2.45) is 0 Å². The van der Waals surface area contributed by atoms with Crippen LogP contribution < -0.4 is 5.32 Å². The lowest BCUT2D eigenvalue weighted by molar-refractivity contribution is -0.119. The smallest absolute Gasteiger partial charge is 0.338 e. The summed E-state index contributed by atoms with van der Waals surface area (Å²) in [6.07, 6.45) is 0. The lowest BCUT2D eigenvalue weighted by atomic mass is 10.1. The third kappa shape index (κ3) is 5.05. The zero-order valence-electron chi connectivity index (χ0n) is 18.1. The van der Waals surface area contributed by atoms with Crippen molar-refractivity contribution in [3.8, 4) is 0 Å². The second-order valence-electron chi connectivity index (χ2n) is 7.65. The summed E-state index contributed by atoms with van der Waals surface area (Å²) in [5, 5.41) is 4.59. The Morgan fingerprint density at radius 3 is 2.55 bits per heavy atom. The maximum absolute atomic E-state index is 13.0.